The number of methoxy groups -OCH3 is 2. The van der Waals surface area contributed by atoms with E-state index in [-0.39, 0.29) is 11.4 Å². The van der Waals surface area contributed by atoms with E-state index < -0.39 is 22.2 Å². The van der Waals surface area contributed by atoms with Crippen molar-refractivity contribution in [1.82, 2.24) is 4.72 Å². The van der Waals surface area contributed by atoms with Crippen LogP contribution in [0.5, 0.6) is 0 Å². The van der Waals surface area contributed by atoms with Crippen LogP contribution in [0.4, 0.5) is 10.5 Å². The van der Waals surface area contributed by atoms with E-state index in [1.54, 1.807) is 12.1 Å². The lowest BCUT2D eigenvalue weighted by Gasteiger charge is -2.14. The van der Waals surface area contributed by atoms with Gasteiger partial charge in [0, 0.05) is 19.3 Å². The van der Waals surface area contributed by atoms with Gasteiger partial charge in [-0.1, -0.05) is 0 Å². The molecule has 0 unspecified atom stereocenters. The van der Waals surface area contributed by atoms with Crippen molar-refractivity contribution in [3.8, 4) is 0 Å². The molecule has 2 rings (SSSR count). The first kappa shape index (κ1) is 18.0. The monoisotopic (exact) mass is 354 g/mol. The number of furan rings is 1. The highest BCUT2D eigenvalue weighted by Gasteiger charge is 2.19. The predicted octanol–water partition coefficient (Wildman–Crippen LogP) is 2.12. The van der Waals surface area contributed by atoms with Crippen LogP contribution in [-0.2, 0) is 19.5 Å². The quantitative estimate of drug-likeness (QED) is 0.789. The molecular weight excluding hydrogens is 336 g/mol. The molecule has 0 bridgehead atoms. The zero-order valence-electron chi connectivity index (χ0n) is 13.2. The molecular formula is C15H18N2O6S. The highest BCUT2D eigenvalue weighted by Crippen LogP contribution is 2.18. The molecule has 24 heavy (non-hydrogen) atoms. The van der Waals surface area contributed by atoms with Crippen molar-refractivity contribution in [2.24, 2.45) is 0 Å². The number of ether oxygens (including phenoxy) is 2. The minimum Gasteiger partial charge on any atom is -0.467 e. The second kappa shape index (κ2) is 7.95. The molecule has 1 aromatic carbocycles. The molecule has 1 aromatic heterocycles. The molecule has 2 aromatic rings. The van der Waals surface area contributed by atoms with E-state index in [2.05, 4.69) is 14.8 Å². The van der Waals surface area contributed by atoms with E-state index in [0.717, 1.165) is 0 Å². The van der Waals surface area contributed by atoms with Crippen LogP contribution in [0.1, 0.15) is 11.9 Å². The lowest BCUT2D eigenvalue weighted by Crippen LogP contribution is -2.29. The molecule has 1 atom stereocenters. The van der Waals surface area contributed by atoms with E-state index in [1.165, 1.54) is 44.7 Å². The molecule has 0 spiro atoms. The maximum absolute atomic E-state index is 12.3. The Morgan fingerprint density at radius 1 is 1.21 bits per heavy atom. The van der Waals surface area contributed by atoms with Gasteiger partial charge in [0.2, 0.25) is 10.0 Å². The largest absolute Gasteiger partial charge is 0.467 e. The van der Waals surface area contributed by atoms with E-state index in [9.17, 15) is 13.2 Å². The molecule has 130 valence electrons. The maximum Gasteiger partial charge on any atom is 0.411 e. The second-order valence-electron chi connectivity index (χ2n) is 4.73. The topological polar surface area (TPSA) is 107 Å². The molecule has 1 heterocycles. The van der Waals surface area contributed by atoms with Gasteiger partial charge in [-0.2, -0.15) is 0 Å². The van der Waals surface area contributed by atoms with E-state index in [4.69, 9.17) is 9.15 Å². The smallest absolute Gasteiger partial charge is 0.411 e. The number of sulfonamides is 1. The Bertz CT molecular complexity index is 756. The van der Waals surface area contributed by atoms with Gasteiger partial charge in [0.1, 0.15) is 11.9 Å². The molecule has 9 heteroatoms. The predicted molar refractivity (Wildman–Crippen MR) is 86.1 cm³/mol. The first-order chi connectivity index (χ1) is 11.5. The summed E-state index contributed by atoms with van der Waals surface area (Å²) in [6.07, 6.45) is 0.322. The van der Waals surface area contributed by atoms with E-state index in [0.29, 0.717) is 11.4 Å². The molecule has 0 saturated heterocycles. The Morgan fingerprint density at radius 2 is 1.92 bits per heavy atom. The van der Waals surface area contributed by atoms with Gasteiger partial charge in [-0.05, 0) is 36.4 Å². The Morgan fingerprint density at radius 3 is 2.46 bits per heavy atom. The second-order valence-corrected chi connectivity index (χ2v) is 6.50. The third kappa shape index (κ3) is 4.57. The van der Waals surface area contributed by atoms with Gasteiger partial charge in [0.25, 0.3) is 0 Å². The van der Waals surface area contributed by atoms with Crippen molar-refractivity contribution in [2.45, 2.75) is 11.0 Å². The molecule has 0 aliphatic heterocycles. The highest BCUT2D eigenvalue weighted by molar-refractivity contribution is 7.89. The summed E-state index contributed by atoms with van der Waals surface area (Å²) < 4.78 is 42.0. The average Bonchev–Trinajstić information content (AvgIpc) is 3.10. The van der Waals surface area contributed by atoms with Crippen molar-refractivity contribution >= 4 is 21.8 Å². The number of carbonyl (C=O) groups is 1. The van der Waals surface area contributed by atoms with Gasteiger partial charge in [-0.3, -0.25) is 5.32 Å². The number of anilines is 1. The molecule has 0 aliphatic carbocycles. The molecule has 0 radical (unpaired) electrons. The van der Waals surface area contributed by atoms with Crippen LogP contribution >= 0.6 is 0 Å². The Balaban J connectivity index is 2.03. The third-order valence-corrected chi connectivity index (χ3v) is 4.64. The maximum atomic E-state index is 12.3. The normalized spacial score (nSPS) is 12.6. The summed E-state index contributed by atoms with van der Waals surface area (Å²) in [7, 11) is -1.02. The zero-order valence-corrected chi connectivity index (χ0v) is 14.0. The number of hydrogen-bond donors (Lipinski definition) is 2. The third-order valence-electron chi connectivity index (χ3n) is 3.20. The zero-order chi connectivity index (χ0) is 17.6. The van der Waals surface area contributed by atoms with Crippen molar-refractivity contribution in [2.75, 3.05) is 26.1 Å². The van der Waals surface area contributed by atoms with Gasteiger partial charge in [0.05, 0.1) is 18.3 Å². The summed E-state index contributed by atoms with van der Waals surface area (Å²) >= 11 is 0. The number of amides is 1. The SMILES string of the molecule is COC(=O)Nc1ccc(S(=O)(=O)NC[C@H](OC)c2ccco2)cc1. The molecule has 2 N–H and O–H groups in total. The van der Waals surface area contributed by atoms with E-state index >= 15 is 0 Å². The number of rotatable bonds is 7. The number of carbonyl (C=O) groups excluding carboxylic acids is 1. The van der Waals surface area contributed by atoms with Crippen molar-refractivity contribution in [3.05, 3.63) is 48.4 Å². The van der Waals surface area contributed by atoms with Crippen LogP contribution in [0.2, 0.25) is 0 Å². The average molecular weight is 354 g/mol. The first-order valence-corrected chi connectivity index (χ1v) is 8.45. The van der Waals surface area contributed by atoms with Crippen LogP contribution in [0.25, 0.3) is 0 Å². The van der Waals surface area contributed by atoms with Gasteiger partial charge in [-0.15, -0.1) is 0 Å². The van der Waals surface area contributed by atoms with E-state index in [1.807, 2.05) is 0 Å². The van der Waals surface area contributed by atoms with Crippen molar-refractivity contribution in [3.63, 3.8) is 0 Å². The van der Waals surface area contributed by atoms with Crippen LogP contribution in [0.3, 0.4) is 0 Å². The Hall–Kier alpha value is -2.36. The van der Waals surface area contributed by atoms with Gasteiger partial charge < -0.3 is 13.9 Å². The molecule has 0 aliphatic rings. The Labute approximate surface area is 139 Å². The molecule has 8 nitrogen and oxygen atoms in total. The standard InChI is InChI=1S/C15H18N2O6S/c1-21-14(13-4-3-9-23-13)10-16-24(19,20)12-7-5-11(6-8-12)17-15(18)22-2/h3-9,14,16H,10H2,1-2H3,(H,17,18)/t14-/m0/s1. The summed E-state index contributed by atoms with van der Waals surface area (Å²) in [5.74, 6) is 0.526. The summed E-state index contributed by atoms with van der Waals surface area (Å²) in [4.78, 5) is 11.2. The number of hydrogen-bond acceptors (Lipinski definition) is 6. The Kier molecular flexibility index (Phi) is 5.96. The van der Waals surface area contributed by atoms with Gasteiger partial charge in [0.15, 0.2) is 0 Å². The van der Waals surface area contributed by atoms with Crippen LogP contribution in [-0.4, -0.2) is 35.3 Å². The lowest BCUT2D eigenvalue weighted by molar-refractivity contribution is 0.0878. The molecule has 0 saturated carbocycles. The lowest BCUT2D eigenvalue weighted by atomic mass is 10.3. The number of benzene rings is 1. The van der Waals surface area contributed by atoms with Gasteiger partial charge in [-0.25, -0.2) is 17.9 Å². The summed E-state index contributed by atoms with van der Waals surface area (Å²) in [6, 6.07) is 9.08. The van der Waals surface area contributed by atoms with Crippen molar-refractivity contribution in [1.29, 1.82) is 0 Å². The summed E-state index contributed by atoms with van der Waals surface area (Å²) in [5.41, 5.74) is 0.422. The fraction of sp³-hybridized carbons (Fsp3) is 0.267. The van der Waals surface area contributed by atoms with Crippen LogP contribution in [0, 0.1) is 0 Å². The van der Waals surface area contributed by atoms with Gasteiger partial charge >= 0.3 is 6.09 Å². The number of nitrogens with one attached hydrogen (secondary N) is 2. The highest BCUT2D eigenvalue weighted by atomic mass is 32.2. The minimum absolute atomic E-state index is 0.0223. The van der Waals surface area contributed by atoms with Crippen LogP contribution in [0.15, 0.2) is 52.0 Å². The van der Waals surface area contributed by atoms with Crippen molar-refractivity contribution < 1.29 is 27.1 Å². The molecule has 0 fully saturated rings. The summed E-state index contributed by atoms with van der Waals surface area (Å²) in [5, 5.41) is 2.44. The fourth-order valence-corrected chi connectivity index (χ4v) is 2.96. The summed E-state index contributed by atoms with van der Waals surface area (Å²) in [6.45, 7) is 0.0223. The van der Waals surface area contributed by atoms with Crippen LogP contribution < -0.4 is 10.0 Å². The first-order valence-electron chi connectivity index (χ1n) is 6.97. The fourth-order valence-electron chi connectivity index (χ4n) is 1.93. The molecule has 1 amide bonds. The minimum atomic E-state index is -3.72.